The molecule has 2 heterocycles. The van der Waals surface area contributed by atoms with Gasteiger partial charge in [0.05, 0.1) is 16.6 Å². The molecule has 1 amide bonds. The number of fused-ring (bicyclic) bond motifs is 1. The zero-order valence-electron chi connectivity index (χ0n) is 14.0. The molecule has 7 heteroatoms. The lowest BCUT2D eigenvalue weighted by Gasteiger charge is -2.11. The molecule has 0 bridgehead atoms. The van der Waals surface area contributed by atoms with Crippen molar-refractivity contribution in [3.05, 3.63) is 52.5 Å². The van der Waals surface area contributed by atoms with Gasteiger partial charge in [0.15, 0.2) is 0 Å². The lowest BCUT2D eigenvalue weighted by molar-refractivity contribution is 0.0953. The molecule has 0 aliphatic carbocycles. The van der Waals surface area contributed by atoms with Crippen LogP contribution < -0.4 is 11.0 Å². The fourth-order valence-corrected chi connectivity index (χ4v) is 2.84. The highest BCUT2D eigenvalue weighted by Gasteiger charge is 2.14. The van der Waals surface area contributed by atoms with Gasteiger partial charge in [-0.1, -0.05) is 19.9 Å². The average Bonchev–Trinajstić information content (AvgIpc) is 3.13. The maximum atomic E-state index is 12.5. The van der Waals surface area contributed by atoms with E-state index in [9.17, 15) is 9.59 Å². The Hall–Kier alpha value is -2.83. The molecule has 0 unspecified atom stereocenters. The van der Waals surface area contributed by atoms with Crippen LogP contribution in [0.5, 0.6) is 0 Å². The number of H-pyrrole nitrogens is 1. The molecule has 24 heavy (non-hydrogen) atoms. The fourth-order valence-electron chi connectivity index (χ4n) is 2.84. The normalized spacial score (nSPS) is 11.3. The Morgan fingerprint density at radius 2 is 2.17 bits per heavy atom. The van der Waals surface area contributed by atoms with Crippen molar-refractivity contribution in [1.29, 1.82) is 0 Å². The number of para-hydroxylation sites is 1. The Morgan fingerprint density at radius 3 is 2.92 bits per heavy atom. The third kappa shape index (κ3) is 2.84. The van der Waals surface area contributed by atoms with Crippen molar-refractivity contribution in [3.63, 3.8) is 0 Å². The van der Waals surface area contributed by atoms with Gasteiger partial charge in [0.25, 0.3) is 5.91 Å². The largest absolute Gasteiger partial charge is 0.350 e. The van der Waals surface area contributed by atoms with Crippen molar-refractivity contribution in [2.75, 3.05) is 6.54 Å². The Labute approximate surface area is 139 Å². The summed E-state index contributed by atoms with van der Waals surface area (Å²) in [5, 5.41) is 2.91. The Bertz CT molecular complexity index is 932. The summed E-state index contributed by atoms with van der Waals surface area (Å²) in [6.45, 7) is 5.32. The number of aromatic amines is 1. The molecule has 3 aromatic rings. The molecule has 3 rings (SSSR count). The second-order valence-electron chi connectivity index (χ2n) is 6.08. The van der Waals surface area contributed by atoms with Gasteiger partial charge in [-0.3, -0.25) is 9.36 Å². The van der Waals surface area contributed by atoms with E-state index in [0.717, 1.165) is 5.82 Å². The number of carbonyl (C=O) groups is 1. The number of amides is 1. The molecular weight excluding hydrogens is 306 g/mol. The van der Waals surface area contributed by atoms with Crippen LogP contribution in [0.2, 0.25) is 0 Å². The quantitative estimate of drug-likeness (QED) is 0.747. The summed E-state index contributed by atoms with van der Waals surface area (Å²) in [6.07, 6.45) is 3.68. The number of hydrogen-bond acceptors (Lipinski definition) is 3. The minimum atomic E-state index is -0.231. The Kier molecular flexibility index (Phi) is 4.24. The van der Waals surface area contributed by atoms with Gasteiger partial charge < -0.3 is 14.9 Å². The van der Waals surface area contributed by atoms with Gasteiger partial charge in [-0.2, -0.15) is 0 Å². The molecule has 7 nitrogen and oxygen atoms in total. The molecule has 0 saturated carbocycles. The van der Waals surface area contributed by atoms with Crippen molar-refractivity contribution >= 4 is 16.9 Å². The van der Waals surface area contributed by atoms with Gasteiger partial charge in [0, 0.05) is 38.4 Å². The molecular formula is C17H21N5O2. The summed E-state index contributed by atoms with van der Waals surface area (Å²) < 4.78 is 3.53. The van der Waals surface area contributed by atoms with Crippen LogP contribution in [-0.2, 0) is 13.6 Å². The van der Waals surface area contributed by atoms with E-state index in [-0.39, 0.29) is 11.6 Å². The van der Waals surface area contributed by atoms with Gasteiger partial charge in [-0.05, 0) is 12.1 Å². The van der Waals surface area contributed by atoms with Gasteiger partial charge >= 0.3 is 5.69 Å². The van der Waals surface area contributed by atoms with Crippen molar-refractivity contribution in [2.24, 2.45) is 7.05 Å². The molecule has 126 valence electrons. The lowest BCUT2D eigenvalue weighted by Crippen LogP contribution is -2.27. The first-order chi connectivity index (χ1) is 11.5. The van der Waals surface area contributed by atoms with E-state index in [1.165, 1.54) is 4.57 Å². The molecule has 0 saturated heterocycles. The molecule has 0 aliphatic heterocycles. The number of rotatable bonds is 5. The average molecular weight is 327 g/mol. The first-order valence-electron chi connectivity index (χ1n) is 7.96. The zero-order chi connectivity index (χ0) is 17.3. The van der Waals surface area contributed by atoms with Gasteiger partial charge in [-0.15, -0.1) is 0 Å². The first kappa shape index (κ1) is 16.0. The molecule has 0 fully saturated rings. The van der Waals surface area contributed by atoms with Crippen LogP contribution in [0, 0.1) is 0 Å². The van der Waals surface area contributed by atoms with E-state index in [0.29, 0.717) is 35.6 Å². The maximum Gasteiger partial charge on any atom is 0.326 e. The SMILES string of the molecule is CC(C)c1nccn1CCNC(=O)c1cccc2c1[nH]c(=O)n2C. The number of carbonyl (C=O) groups excluding carboxylic acids is 1. The number of nitrogens with zero attached hydrogens (tertiary/aromatic N) is 3. The van der Waals surface area contributed by atoms with E-state index in [2.05, 4.69) is 29.1 Å². The number of aryl methyl sites for hydroxylation is 1. The summed E-state index contributed by atoms with van der Waals surface area (Å²) >= 11 is 0. The summed E-state index contributed by atoms with van der Waals surface area (Å²) in [6, 6.07) is 5.30. The molecule has 0 radical (unpaired) electrons. The summed E-state index contributed by atoms with van der Waals surface area (Å²) in [4.78, 5) is 31.3. The van der Waals surface area contributed by atoms with Crippen molar-refractivity contribution in [3.8, 4) is 0 Å². The standard InChI is InChI=1S/C17H21N5O2/c1-11(2)15-18-7-9-22(15)10-8-19-16(23)12-5-4-6-13-14(12)20-17(24)21(13)3/h4-7,9,11H,8,10H2,1-3H3,(H,19,23)(H,20,24). The topological polar surface area (TPSA) is 84.7 Å². The maximum absolute atomic E-state index is 12.5. The highest BCUT2D eigenvalue weighted by molar-refractivity contribution is 6.04. The zero-order valence-corrected chi connectivity index (χ0v) is 14.0. The van der Waals surface area contributed by atoms with Crippen LogP contribution in [0.1, 0.15) is 35.9 Å². The van der Waals surface area contributed by atoms with Gasteiger partial charge in [0.2, 0.25) is 0 Å². The summed E-state index contributed by atoms with van der Waals surface area (Å²) in [5.74, 6) is 1.13. The second kappa shape index (κ2) is 6.35. The van der Waals surface area contributed by atoms with Gasteiger partial charge in [-0.25, -0.2) is 9.78 Å². The van der Waals surface area contributed by atoms with Crippen LogP contribution in [-0.4, -0.2) is 31.6 Å². The summed E-state index contributed by atoms with van der Waals surface area (Å²) in [7, 11) is 1.68. The first-order valence-corrected chi connectivity index (χ1v) is 7.96. The lowest BCUT2D eigenvalue weighted by atomic mass is 10.1. The monoisotopic (exact) mass is 327 g/mol. The third-order valence-electron chi connectivity index (χ3n) is 4.09. The van der Waals surface area contributed by atoms with Crippen LogP contribution >= 0.6 is 0 Å². The van der Waals surface area contributed by atoms with Crippen LogP contribution in [0.15, 0.2) is 35.4 Å². The van der Waals surface area contributed by atoms with Gasteiger partial charge in [0.1, 0.15) is 5.82 Å². The van der Waals surface area contributed by atoms with E-state index in [1.807, 2.05) is 16.8 Å². The van der Waals surface area contributed by atoms with E-state index in [1.54, 1.807) is 25.4 Å². The number of benzene rings is 1. The predicted molar refractivity (Wildman–Crippen MR) is 92.2 cm³/mol. The van der Waals surface area contributed by atoms with Crippen molar-refractivity contribution < 1.29 is 4.79 Å². The van der Waals surface area contributed by atoms with E-state index >= 15 is 0 Å². The Morgan fingerprint density at radius 1 is 1.38 bits per heavy atom. The Balaban J connectivity index is 1.73. The predicted octanol–water partition coefficient (Wildman–Crippen LogP) is 1.62. The smallest absolute Gasteiger partial charge is 0.326 e. The minimum Gasteiger partial charge on any atom is -0.350 e. The highest BCUT2D eigenvalue weighted by Crippen LogP contribution is 2.15. The highest BCUT2D eigenvalue weighted by atomic mass is 16.2. The second-order valence-corrected chi connectivity index (χ2v) is 6.08. The minimum absolute atomic E-state index is 0.200. The molecule has 1 aromatic carbocycles. The van der Waals surface area contributed by atoms with Crippen molar-refractivity contribution in [2.45, 2.75) is 26.3 Å². The summed E-state index contributed by atoms with van der Waals surface area (Å²) in [5.41, 5.74) is 1.52. The number of imidazole rings is 2. The molecule has 2 aromatic heterocycles. The number of aromatic nitrogens is 4. The molecule has 0 spiro atoms. The molecule has 2 N–H and O–H groups in total. The number of hydrogen-bond donors (Lipinski definition) is 2. The van der Waals surface area contributed by atoms with Crippen molar-refractivity contribution in [1.82, 2.24) is 24.4 Å². The van der Waals surface area contributed by atoms with Crippen LogP contribution in [0.3, 0.4) is 0 Å². The fraction of sp³-hybridized carbons (Fsp3) is 0.353. The van der Waals surface area contributed by atoms with E-state index < -0.39 is 0 Å². The van der Waals surface area contributed by atoms with Crippen LogP contribution in [0.25, 0.3) is 11.0 Å². The number of nitrogens with one attached hydrogen (secondary N) is 2. The van der Waals surface area contributed by atoms with Crippen LogP contribution in [0.4, 0.5) is 0 Å². The molecule has 0 aliphatic rings. The third-order valence-corrected chi connectivity index (χ3v) is 4.09. The van der Waals surface area contributed by atoms with E-state index in [4.69, 9.17) is 0 Å². The molecule has 0 atom stereocenters.